The van der Waals surface area contributed by atoms with Crippen molar-refractivity contribution in [1.82, 2.24) is 9.55 Å². The molecule has 27 heavy (non-hydrogen) atoms. The van der Waals surface area contributed by atoms with E-state index in [-0.39, 0.29) is 11.7 Å². The van der Waals surface area contributed by atoms with Crippen molar-refractivity contribution in [2.24, 2.45) is 7.05 Å². The van der Waals surface area contributed by atoms with Gasteiger partial charge >= 0.3 is 0 Å². The van der Waals surface area contributed by atoms with Gasteiger partial charge in [-0.3, -0.25) is 4.79 Å². The Kier molecular flexibility index (Phi) is 6.24. The lowest BCUT2D eigenvalue weighted by atomic mass is 10.2. The van der Waals surface area contributed by atoms with Crippen LogP contribution in [0.25, 0.3) is 11.0 Å². The minimum atomic E-state index is -0.0985. The zero-order valence-electron chi connectivity index (χ0n) is 15.7. The predicted molar refractivity (Wildman–Crippen MR) is 109 cm³/mol. The van der Waals surface area contributed by atoms with E-state index in [0.29, 0.717) is 30.4 Å². The Balaban J connectivity index is 1.65. The van der Waals surface area contributed by atoms with Crippen molar-refractivity contribution in [3.63, 3.8) is 0 Å². The van der Waals surface area contributed by atoms with Gasteiger partial charge in [0.15, 0.2) is 16.7 Å². The summed E-state index contributed by atoms with van der Waals surface area (Å²) in [5, 5.41) is 3.71. The summed E-state index contributed by atoms with van der Waals surface area (Å²) >= 11 is 1.41. The summed E-state index contributed by atoms with van der Waals surface area (Å²) in [6.07, 6.45) is 0. The van der Waals surface area contributed by atoms with Crippen molar-refractivity contribution in [1.29, 1.82) is 0 Å². The Morgan fingerprint density at radius 2 is 1.85 bits per heavy atom. The number of hydrogen-bond acceptors (Lipinski definition) is 5. The molecule has 1 heterocycles. The predicted octanol–water partition coefficient (Wildman–Crippen LogP) is 4.10. The molecule has 1 aromatic heterocycles. The number of ether oxygens (including phenoxy) is 2. The van der Waals surface area contributed by atoms with E-state index in [1.165, 1.54) is 11.8 Å². The molecule has 2 aromatic carbocycles. The summed E-state index contributed by atoms with van der Waals surface area (Å²) in [7, 11) is 1.95. The van der Waals surface area contributed by atoms with Crippen LogP contribution in [0.1, 0.15) is 13.8 Å². The SMILES string of the molecule is CCOc1ccc(NC(=O)CSc2nc3ccccc3n2C)cc1OCC. The molecule has 3 rings (SSSR count). The maximum atomic E-state index is 12.4. The molecule has 7 heteroatoms. The van der Waals surface area contributed by atoms with Crippen LogP contribution in [-0.4, -0.2) is 34.4 Å². The van der Waals surface area contributed by atoms with E-state index in [0.717, 1.165) is 16.2 Å². The van der Waals surface area contributed by atoms with Crippen LogP contribution < -0.4 is 14.8 Å². The average Bonchev–Trinajstić information content (AvgIpc) is 2.99. The lowest BCUT2D eigenvalue weighted by molar-refractivity contribution is -0.113. The number of carbonyl (C=O) groups excluding carboxylic acids is 1. The minimum Gasteiger partial charge on any atom is -0.490 e. The molecule has 3 aromatic rings. The van der Waals surface area contributed by atoms with Crippen molar-refractivity contribution in [2.75, 3.05) is 24.3 Å². The zero-order chi connectivity index (χ0) is 19.2. The number of nitrogens with one attached hydrogen (secondary N) is 1. The molecule has 0 aliphatic carbocycles. The van der Waals surface area contributed by atoms with Gasteiger partial charge in [-0.1, -0.05) is 23.9 Å². The van der Waals surface area contributed by atoms with Gasteiger partial charge in [0.05, 0.1) is 30.0 Å². The Labute approximate surface area is 162 Å². The van der Waals surface area contributed by atoms with Gasteiger partial charge in [0.2, 0.25) is 5.91 Å². The first-order valence-electron chi connectivity index (χ1n) is 8.86. The van der Waals surface area contributed by atoms with Gasteiger partial charge in [-0.15, -0.1) is 0 Å². The van der Waals surface area contributed by atoms with Crippen LogP contribution in [0.4, 0.5) is 5.69 Å². The molecule has 0 atom stereocenters. The highest BCUT2D eigenvalue weighted by atomic mass is 32.2. The molecule has 0 aliphatic rings. The Hall–Kier alpha value is -2.67. The first-order chi connectivity index (χ1) is 13.1. The van der Waals surface area contributed by atoms with Gasteiger partial charge in [0.1, 0.15) is 0 Å². The van der Waals surface area contributed by atoms with Crippen LogP contribution in [-0.2, 0) is 11.8 Å². The van der Waals surface area contributed by atoms with Crippen molar-refractivity contribution >= 4 is 34.4 Å². The average molecular weight is 385 g/mol. The number of para-hydroxylation sites is 2. The Bertz CT molecular complexity index is 939. The van der Waals surface area contributed by atoms with Gasteiger partial charge < -0.3 is 19.4 Å². The molecule has 0 bridgehead atoms. The van der Waals surface area contributed by atoms with Crippen LogP contribution in [0.5, 0.6) is 11.5 Å². The number of rotatable bonds is 8. The van der Waals surface area contributed by atoms with Gasteiger partial charge in [-0.05, 0) is 38.1 Å². The quantitative estimate of drug-likeness (QED) is 0.592. The van der Waals surface area contributed by atoms with E-state index >= 15 is 0 Å². The Morgan fingerprint density at radius 1 is 1.11 bits per heavy atom. The summed E-state index contributed by atoms with van der Waals surface area (Å²) in [5.74, 6) is 1.47. The summed E-state index contributed by atoms with van der Waals surface area (Å²) in [5.41, 5.74) is 2.65. The number of nitrogens with zero attached hydrogens (tertiary/aromatic N) is 2. The van der Waals surface area contributed by atoms with E-state index in [9.17, 15) is 4.79 Å². The van der Waals surface area contributed by atoms with E-state index < -0.39 is 0 Å². The highest BCUT2D eigenvalue weighted by Crippen LogP contribution is 2.31. The molecule has 1 N–H and O–H groups in total. The number of amides is 1. The van der Waals surface area contributed by atoms with Crippen molar-refractivity contribution < 1.29 is 14.3 Å². The van der Waals surface area contributed by atoms with Gasteiger partial charge in [-0.2, -0.15) is 0 Å². The molecule has 1 amide bonds. The third kappa shape index (κ3) is 4.54. The number of benzene rings is 2. The first kappa shape index (κ1) is 19.1. The molecule has 0 saturated carbocycles. The number of aryl methyl sites for hydroxylation is 1. The van der Waals surface area contributed by atoms with Crippen LogP contribution in [0.15, 0.2) is 47.6 Å². The molecule has 0 radical (unpaired) electrons. The maximum absolute atomic E-state index is 12.4. The smallest absolute Gasteiger partial charge is 0.234 e. The third-order valence-electron chi connectivity index (χ3n) is 3.91. The highest BCUT2D eigenvalue weighted by Gasteiger charge is 2.12. The second kappa shape index (κ2) is 8.81. The van der Waals surface area contributed by atoms with E-state index in [1.54, 1.807) is 6.07 Å². The number of aromatic nitrogens is 2. The fourth-order valence-corrected chi connectivity index (χ4v) is 3.50. The van der Waals surface area contributed by atoms with Crippen LogP contribution >= 0.6 is 11.8 Å². The lowest BCUT2D eigenvalue weighted by Crippen LogP contribution is -2.14. The van der Waals surface area contributed by atoms with Crippen LogP contribution in [0.3, 0.4) is 0 Å². The van der Waals surface area contributed by atoms with Crippen LogP contribution in [0.2, 0.25) is 0 Å². The number of thioether (sulfide) groups is 1. The molecule has 6 nitrogen and oxygen atoms in total. The molecule has 0 fully saturated rings. The number of fused-ring (bicyclic) bond motifs is 1. The standard InChI is InChI=1S/C20H23N3O3S/c1-4-25-17-11-10-14(12-18(17)26-5-2)21-19(24)13-27-20-22-15-8-6-7-9-16(15)23(20)3/h6-12H,4-5,13H2,1-3H3,(H,21,24). The zero-order valence-corrected chi connectivity index (χ0v) is 16.5. The molecule has 0 saturated heterocycles. The summed E-state index contributed by atoms with van der Waals surface area (Å²) in [6, 6.07) is 13.3. The van der Waals surface area contributed by atoms with Crippen molar-refractivity contribution in [3.8, 4) is 11.5 Å². The fraction of sp³-hybridized carbons (Fsp3) is 0.300. The number of anilines is 1. The second-order valence-corrected chi connectivity index (χ2v) is 6.75. The van der Waals surface area contributed by atoms with E-state index in [4.69, 9.17) is 9.47 Å². The second-order valence-electron chi connectivity index (χ2n) is 5.81. The molecular formula is C20H23N3O3S. The van der Waals surface area contributed by atoms with Gasteiger partial charge in [0, 0.05) is 18.8 Å². The fourth-order valence-electron chi connectivity index (χ4n) is 2.71. The van der Waals surface area contributed by atoms with Crippen LogP contribution in [0, 0.1) is 0 Å². The largest absolute Gasteiger partial charge is 0.490 e. The molecule has 142 valence electrons. The lowest BCUT2D eigenvalue weighted by Gasteiger charge is -2.13. The first-order valence-corrected chi connectivity index (χ1v) is 9.84. The number of carbonyl (C=O) groups is 1. The minimum absolute atomic E-state index is 0.0985. The van der Waals surface area contributed by atoms with Gasteiger partial charge in [-0.25, -0.2) is 4.98 Å². The molecule has 0 spiro atoms. The number of imidazole rings is 1. The topological polar surface area (TPSA) is 65.4 Å². The van der Waals surface area contributed by atoms with Crippen molar-refractivity contribution in [3.05, 3.63) is 42.5 Å². The molecule has 0 unspecified atom stereocenters. The van der Waals surface area contributed by atoms with Gasteiger partial charge in [0.25, 0.3) is 0 Å². The number of hydrogen-bond donors (Lipinski definition) is 1. The third-order valence-corrected chi connectivity index (χ3v) is 4.94. The van der Waals surface area contributed by atoms with Crippen molar-refractivity contribution in [2.45, 2.75) is 19.0 Å². The highest BCUT2D eigenvalue weighted by molar-refractivity contribution is 7.99. The van der Waals surface area contributed by atoms with E-state index in [2.05, 4.69) is 10.3 Å². The summed E-state index contributed by atoms with van der Waals surface area (Å²) < 4.78 is 13.1. The Morgan fingerprint density at radius 3 is 2.59 bits per heavy atom. The maximum Gasteiger partial charge on any atom is 0.234 e. The summed E-state index contributed by atoms with van der Waals surface area (Å²) in [4.78, 5) is 16.9. The molecular weight excluding hydrogens is 362 g/mol. The summed E-state index contributed by atoms with van der Waals surface area (Å²) in [6.45, 7) is 4.92. The normalized spacial score (nSPS) is 10.8. The molecule has 0 aliphatic heterocycles. The van der Waals surface area contributed by atoms with E-state index in [1.807, 2.05) is 61.9 Å². The monoisotopic (exact) mass is 385 g/mol.